The van der Waals surface area contributed by atoms with Gasteiger partial charge < -0.3 is 35.3 Å². The molecule has 1 fully saturated rings. The quantitative estimate of drug-likeness (QED) is 0.359. The van der Waals surface area contributed by atoms with Crippen LogP contribution < -0.4 is 25.4 Å². The highest BCUT2D eigenvalue weighted by atomic mass is 16.6. The first-order chi connectivity index (χ1) is 18.5. The Morgan fingerprint density at radius 3 is 2.61 bits per heavy atom. The number of aromatic nitrogens is 1. The second kappa shape index (κ2) is 11.5. The van der Waals surface area contributed by atoms with E-state index in [1.165, 1.54) is 0 Å². The number of amides is 3. The number of methoxy groups -OCH3 is 1. The molecule has 10 heteroatoms. The Hall–Kier alpha value is -4.15. The van der Waals surface area contributed by atoms with Crippen molar-refractivity contribution in [3.8, 4) is 11.5 Å². The molecule has 2 aliphatic heterocycles. The van der Waals surface area contributed by atoms with Gasteiger partial charge in [0.25, 0.3) is 0 Å². The van der Waals surface area contributed by atoms with Crippen molar-refractivity contribution >= 4 is 23.3 Å². The number of aliphatic hydroxyl groups excluding tert-OH is 1. The number of fused-ring (bicyclic) bond motifs is 3. The number of aliphatic hydroxyl groups is 1. The molecule has 38 heavy (non-hydrogen) atoms. The zero-order valence-electron chi connectivity index (χ0n) is 20.9. The Kier molecular flexibility index (Phi) is 7.71. The fraction of sp³-hybridized carbons (Fsp3) is 0.321. The van der Waals surface area contributed by atoms with Gasteiger partial charge >= 0.3 is 6.03 Å². The molecular weight excluding hydrogens is 488 g/mol. The largest absolute Gasteiger partial charge is 0.497 e. The lowest BCUT2D eigenvalue weighted by Crippen LogP contribution is -2.47. The number of hydrogen-bond acceptors (Lipinski definition) is 7. The smallest absolute Gasteiger partial charge is 0.323 e. The maximum atomic E-state index is 12.6. The summed E-state index contributed by atoms with van der Waals surface area (Å²) < 4.78 is 17.3. The molecule has 3 heterocycles. The van der Waals surface area contributed by atoms with Gasteiger partial charge in [-0.1, -0.05) is 6.07 Å². The summed E-state index contributed by atoms with van der Waals surface area (Å²) in [7, 11) is 1.58. The van der Waals surface area contributed by atoms with Crippen LogP contribution in [0.25, 0.3) is 0 Å². The number of nitrogens with one attached hydrogen (secondary N) is 3. The van der Waals surface area contributed by atoms with Gasteiger partial charge in [-0.2, -0.15) is 0 Å². The highest BCUT2D eigenvalue weighted by Gasteiger charge is 2.46. The molecule has 1 aromatic heterocycles. The van der Waals surface area contributed by atoms with Crippen molar-refractivity contribution in [3.05, 3.63) is 78.1 Å². The van der Waals surface area contributed by atoms with Crippen LogP contribution >= 0.6 is 0 Å². The third-order valence-electron chi connectivity index (χ3n) is 6.71. The van der Waals surface area contributed by atoms with Gasteiger partial charge in [0.2, 0.25) is 5.91 Å². The number of ether oxygens (including phenoxy) is 3. The van der Waals surface area contributed by atoms with Crippen LogP contribution in [0.2, 0.25) is 0 Å². The van der Waals surface area contributed by atoms with Gasteiger partial charge in [0, 0.05) is 29.1 Å². The molecule has 198 valence electrons. The summed E-state index contributed by atoms with van der Waals surface area (Å²) >= 11 is 0. The number of rotatable bonds is 8. The minimum absolute atomic E-state index is 0.0871. The van der Waals surface area contributed by atoms with E-state index in [4.69, 9.17) is 14.2 Å². The Labute approximate surface area is 220 Å². The second-order valence-corrected chi connectivity index (χ2v) is 9.27. The summed E-state index contributed by atoms with van der Waals surface area (Å²) in [4.78, 5) is 29.4. The van der Waals surface area contributed by atoms with Gasteiger partial charge in [0.15, 0.2) is 0 Å². The van der Waals surface area contributed by atoms with E-state index >= 15 is 0 Å². The molecule has 4 atom stereocenters. The van der Waals surface area contributed by atoms with Crippen molar-refractivity contribution in [2.75, 3.05) is 24.4 Å². The molecule has 0 spiro atoms. The summed E-state index contributed by atoms with van der Waals surface area (Å²) in [6.07, 6.45) is 1.06. The maximum Gasteiger partial charge on any atom is 0.323 e. The fourth-order valence-corrected chi connectivity index (χ4v) is 4.91. The van der Waals surface area contributed by atoms with Gasteiger partial charge in [-0.05, 0) is 61.0 Å². The van der Waals surface area contributed by atoms with Gasteiger partial charge in [-0.15, -0.1) is 0 Å². The molecule has 0 radical (unpaired) electrons. The lowest BCUT2D eigenvalue weighted by Gasteiger charge is -2.37. The normalized spacial score (nSPS) is 21.4. The van der Waals surface area contributed by atoms with E-state index in [9.17, 15) is 14.7 Å². The molecule has 0 saturated carbocycles. The lowest BCUT2D eigenvalue weighted by molar-refractivity contribution is -0.142. The van der Waals surface area contributed by atoms with Crippen molar-refractivity contribution in [1.82, 2.24) is 10.3 Å². The van der Waals surface area contributed by atoms with E-state index in [2.05, 4.69) is 20.9 Å². The van der Waals surface area contributed by atoms with E-state index in [1.807, 2.05) is 24.3 Å². The molecule has 2 aliphatic rings. The fourth-order valence-electron chi connectivity index (χ4n) is 4.91. The maximum absolute atomic E-state index is 12.6. The summed E-state index contributed by atoms with van der Waals surface area (Å²) in [5.74, 6) is 1.14. The number of nitrogens with zero attached hydrogens (tertiary/aromatic N) is 1. The molecule has 1 saturated heterocycles. The minimum Gasteiger partial charge on any atom is -0.497 e. The first-order valence-corrected chi connectivity index (χ1v) is 12.5. The Balaban J connectivity index is 1.22. The molecule has 5 rings (SSSR count). The summed E-state index contributed by atoms with van der Waals surface area (Å²) in [5.41, 5.74) is 2.92. The van der Waals surface area contributed by atoms with Gasteiger partial charge in [0.1, 0.15) is 23.7 Å². The molecule has 0 unspecified atom stereocenters. The molecule has 2 aromatic carbocycles. The van der Waals surface area contributed by atoms with E-state index in [1.54, 1.807) is 49.7 Å². The Morgan fingerprint density at radius 1 is 1.08 bits per heavy atom. The molecule has 3 aromatic rings. The highest BCUT2D eigenvalue weighted by molar-refractivity contribution is 5.99. The minimum atomic E-state index is -0.565. The molecule has 4 N–H and O–H groups in total. The van der Waals surface area contributed by atoms with Gasteiger partial charge in [0.05, 0.1) is 38.5 Å². The van der Waals surface area contributed by atoms with Crippen LogP contribution in [0.4, 0.5) is 16.2 Å². The standard InChI is InChI=1S/C28H30N4O6/c1-36-20-8-5-17(6-9-20)31-28(35)32-18-7-10-24-22(12-18)23-13-21(37-25(16-33)27(23)38-24)14-26(34)30-15-19-4-2-3-11-29-19/h2-12,21,23,25,27,33H,13-16H2,1H3,(H,30,34)(H2,31,32,35)/t21-,23+,25-,27-/m1/s1. The predicted molar refractivity (Wildman–Crippen MR) is 140 cm³/mol. The summed E-state index contributed by atoms with van der Waals surface area (Å²) in [6.45, 7) is 0.109. The van der Waals surface area contributed by atoms with Crippen molar-refractivity contribution in [2.24, 2.45) is 0 Å². The third-order valence-corrected chi connectivity index (χ3v) is 6.71. The number of pyridine rings is 1. The van der Waals surface area contributed by atoms with Crippen LogP contribution in [0.1, 0.15) is 30.0 Å². The highest BCUT2D eigenvalue weighted by Crippen LogP contribution is 2.47. The van der Waals surface area contributed by atoms with E-state index < -0.39 is 6.10 Å². The third kappa shape index (κ3) is 5.87. The topological polar surface area (TPSA) is 131 Å². The molecule has 0 bridgehead atoms. The molecular formula is C28H30N4O6. The van der Waals surface area contributed by atoms with E-state index in [0.29, 0.717) is 35.8 Å². The zero-order valence-corrected chi connectivity index (χ0v) is 20.9. The number of urea groups is 1. The second-order valence-electron chi connectivity index (χ2n) is 9.27. The number of hydrogen-bond donors (Lipinski definition) is 4. The van der Waals surface area contributed by atoms with Crippen LogP contribution in [-0.4, -0.2) is 54.1 Å². The lowest BCUT2D eigenvalue weighted by atomic mass is 9.84. The van der Waals surface area contributed by atoms with Crippen molar-refractivity contribution in [2.45, 2.75) is 43.6 Å². The van der Waals surface area contributed by atoms with Crippen molar-refractivity contribution in [3.63, 3.8) is 0 Å². The Bertz CT molecular complexity index is 1270. The van der Waals surface area contributed by atoms with Gasteiger partial charge in [-0.3, -0.25) is 9.78 Å². The van der Waals surface area contributed by atoms with Crippen molar-refractivity contribution in [1.29, 1.82) is 0 Å². The van der Waals surface area contributed by atoms with Gasteiger partial charge in [-0.25, -0.2) is 4.79 Å². The number of carbonyl (C=O) groups is 2. The first kappa shape index (κ1) is 25.5. The number of anilines is 2. The van der Waals surface area contributed by atoms with Crippen LogP contribution in [-0.2, 0) is 16.1 Å². The predicted octanol–water partition coefficient (Wildman–Crippen LogP) is 3.44. The van der Waals surface area contributed by atoms with Crippen LogP contribution in [0.15, 0.2) is 66.9 Å². The average molecular weight is 519 g/mol. The SMILES string of the molecule is COc1ccc(NC(=O)Nc2ccc3c(c2)[C@@H]2C[C@H](CC(=O)NCc4ccccn4)O[C@H](CO)[C@@H]2O3)cc1. The molecule has 3 amide bonds. The summed E-state index contributed by atoms with van der Waals surface area (Å²) in [6, 6.07) is 17.6. The van der Waals surface area contributed by atoms with Crippen molar-refractivity contribution < 1.29 is 28.9 Å². The monoisotopic (exact) mass is 518 g/mol. The summed E-state index contributed by atoms with van der Waals surface area (Å²) in [5, 5.41) is 18.5. The molecule has 0 aliphatic carbocycles. The number of carbonyl (C=O) groups excluding carboxylic acids is 2. The number of benzene rings is 2. The molecule has 10 nitrogen and oxygen atoms in total. The van der Waals surface area contributed by atoms with E-state index in [-0.39, 0.29) is 43.1 Å². The van der Waals surface area contributed by atoms with Crippen LogP contribution in [0.3, 0.4) is 0 Å². The first-order valence-electron chi connectivity index (χ1n) is 12.5. The van der Waals surface area contributed by atoms with E-state index in [0.717, 1.165) is 11.3 Å². The van der Waals surface area contributed by atoms with Crippen LogP contribution in [0.5, 0.6) is 11.5 Å². The average Bonchev–Trinajstić information content (AvgIpc) is 3.30. The zero-order chi connectivity index (χ0) is 26.5. The van der Waals surface area contributed by atoms with Crippen LogP contribution in [0, 0.1) is 0 Å². The Morgan fingerprint density at radius 2 is 1.87 bits per heavy atom.